The second-order valence-electron chi connectivity index (χ2n) is 7.74. The molecule has 0 radical (unpaired) electrons. The lowest BCUT2D eigenvalue weighted by molar-refractivity contribution is -0.111. The molecule has 4 aromatic rings. The summed E-state index contributed by atoms with van der Waals surface area (Å²) in [6.45, 7) is 2.90. The van der Waals surface area contributed by atoms with Crippen LogP contribution in [0.15, 0.2) is 77.4 Å². The molecule has 0 bridgehead atoms. The van der Waals surface area contributed by atoms with Gasteiger partial charge in [-0.15, -0.1) is 0 Å². The molecule has 0 saturated heterocycles. The molecule has 0 unspecified atom stereocenters. The topological polar surface area (TPSA) is 69.9 Å². The van der Waals surface area contributed by atoms with Crippen molar-refractivity contribution in [2.75, 3.05) is 25.6 Å². The van der Waals surface area contributed by atoms with Crippen molar-refractivity contribution in [3.05, 3.63) is 78.6 Å². The van der Waals surface area contributed by atoms with E-state index in [9.17, 15) is 4.79 Å². The predicted molar refractivity (Wildman–Crippen MR) is 128 cm³/mol. The van der Waals surface area contributed by atoms with Gasteiger partial charge in [-0.2, -0.15) is 0 Å². The molecule has 33 heavy (non-hydrogen) atoms. The van der Waals surface area contributed by atoms with Gasteiger partial charge in [0.2, 0.25) is 5.91 Å². The molecule has 0 saturated carbocycles. The van der Waals surface area contributed by atoms with Crippen LogP contribution in [0.4, 0.5) is 5.69 Å². The van der Waals surface area contributed by atoms with Crippen LogP contribution >= 0.6 is 0 Å². The summed E-state index contributed by atoms with van der Waals surface area (Å²) in [5.74, 6) is 1.69. The van der Waals surface area contributed by atoms with E-state index in [2.05, 4.69) is 5.32 Å². The Hall–Kier alpha value is -4.19. The molecule has 2 heterocycles. The van der Waals surface area contributed by atoms with Crippen molar-refractivity contribution in [2.45, 2.75) is 6.92 Å². The van der Waals surface area contributed by atoms with Crippen LogP contribution in [0.2, 0.25) is 0 Å². The summed E-state index contributed by atoms with van der Waals surface area (Å²) in [4.78, 5) is 12.7. The number of fused-ring (bicyclic) bond motifs is 2. The Morgan fingerprint density at radius 1 is 1.00 bits per heavy atom. The van der Waals surface area contributed by atoms with Crippen LogP contribution in [-0.2, 0) is 4.79 Å². The molecular formula is C27H23NO5. The van der Waals surface area contributed by atoms with E-state index in [0.29, 0.717) is 36.1 Å². The number of hydrogen-bond acceptors (Lipinski definition) is 5. The molecule has 166 valence electrons. The molecule has 0 atom stereocenters. The molecule has 1 aliphatic heterocycles. The lowest BCUT2D eigenvalue weighted by atomic mass is 9.99. The van der Waals surface area contributed by atoms with Gasteiger partial charge >= 0.3 is 0 Å². The maximum atomic E-state index is 12.7. The smallest absolute Gasteiger partial charge is 0.248 e. The molecule has 0 aliphatic carbocycles. The van der Waals surface area contributed by atoms with Gasteiger partial charge in [-0.05, 0) is 36.3 Å². The van der Waals surface area contributed by atoms with Gasteiger partial charge in [0.25, 0.3) is 0 Å². The fraction of sp³-hybridized carbons (Fsp3) is 0.148. The first-order valence-electron chi connectivity index (χ1n) is 10.7. The Labute approximate surface area is 191 Å². The number of carbonyl (C=O) groups is 1. The lowest BCUT2D eigenvalue weighted by Crippen LogP contribution is -2.16. The van der Waals surface area contributed by atoms with Gasteiger partial charge in [0.05, 0.1) is 13.4 Å². The average molecular weight is 441 g/mol. The fourth-order valence-corrected chi connectivity index (χ4v) is 3.95. The summed E-state index contributed by atoms with van der Waals surface area (Å²) >= 11 is 0. The molecule has 0 fully saturated rings. The monoisotopic (exact) mass is 441 g/mol. The van der Waals surface area contributed by atoms with E-state index < -0.39 is 0 Å². The standard InChI is InChI=1S/C27H23NO5/c1-17(12-27(29)28-19-8-9-23-26(13-19)32-11-10-31-23)20-14-21-22(18-6-4-3-5-7-18)16-33-25(21)15-24(20)30-2/h3-9,12-16H,10-11H2,1-2H3,(H,28,29)/b17-12+. The van der Waals surface area contributed by atoms with Crippen molar-refractivity contribution in [2.24, 2.45) is 0 Å². The van der Waals surface area contributed by atoms with E-state index in [1.54, 1.807) is 37.6 Å². The van der Waals surface area contributed by atoms with Gasteiger partial charge in [-0.25, -0.2) is 0 Å². The number of benzene rings is 3. The lowest BCUT2D eigenvalue weighted by Gasteiger charge is -2.18. The van der Waals surface area contributed by atoms with Crippen molar-refractivity contribution in [1.82, 2.24) is 0 Å². The summed E-state index contributed by atoms with van der Waals surface area (Å²) in [6, 6.07) is 19.2. The third-order valence-electron chi connectivity index (χ3n) is 5.56. The summed E-state index contributed by atoms with van der Waals surface area (Å²) in [6.07, 6.45) is 3.31. The largest absolute Gasteiger partial charge is 0.496 e. The van der Waals surface area contributed by atoms with Gasteiger partial charge in [0, 0.05) is 40.4 Å². The molecule has 5 rings (SSSR count). The summed E-state index contributed by atoms with van der Waals surface area (Å²) in [7, 11) is 1.61. The molecule has 1 N–H and O–H groups in total. The van der Waals surface area contributed by atoms with Gasteiger partial charge in [0.15, 0.2) is 11.5 Å². The molecule has 0 spiro atoms. The molecule has 1 aromatic heterocycles. The van der Waals surface area contributed by atoms with E-state index in [4.69, 9.17) is 18.6 Å². The normalized spacial score (nSPS) is 13.1. The average Bonchev–Trinajstić information content (AvgIpc) is 3.26. The summed E-state index contributed by atoms with van der Waals surface area (Å²) in [5, 5.41) is 3.84. The van der Waals surface area contributed by atoms with Crippen LogP contribution in [0.25, 0.3) is 27.7 Å². The first-order chi connectivity index (χ1) is 16.1. The fourth-order valence-electron chi connectivity index (χ4n) is 3.95. The summed E-state index contributed by atoms with van der Waals surface area (Å²) < 4.78 is 22.5. The maximum Gasteiger partial charge on any atom is 0.248 e. The van der Waals surface area contributed by atoms with Crippen LogP contribution in [-0.4, -0.2) is 26.2 Å². The highest BCUT2D eigenvalue weighted by Gasteiger charge is 2.16. The van der Waals surface area contributed by atoms with Crippen LogP contribution in [0.5, 0.6) is 17.2 Å². The number of amides is 1. The van der Waals surface area contributed by atoms with Crippen molar-refractivity contribution >= 4 is 28.1 Å². The van der Waals surface area contributed by atoms with Crippen LogP contribution in [0.3, 0.4) is 0 Å². The molecule has 1 amide bonds. The number of furan rings is 1. The number of methoxy groups -OCH3 is 1. The van der Waals surface area contributed by atoms with Crippen molar-refractivity contribution in [1.29, 1.82) is 0 Å². The van der Waals surface area contributed by atoms with E-state index in [-0.39, 0.29) is 5.91 Å². The van der Waals surface area contributed by atoms with Crippen LogP contribution in [0, 0.1) is 0 Å². The number of rotatable bonds is 5. The molecule has 1 aliphatic rings. The second-order valence-corrected chi connectivity index (χ2v) is 7.74. The van der Waals surface area contributed by atoms with Gasteiger partial charge in [-0.3, -0.25) is 4.79 Å². The third kappa shape index (κ3) is 4.15. The number of allylic oxidation sites excluding steroid dienone is 1. The number of nitrogens with one attached hydrogen (secondary N) is 1. The summed E-state index contributed by atoms with van der Waals surface area (Å²) in [5.41, 5.74) is 5.00. The highest BCUT2D eigenvalue weighted by molar-refractivity contribution is 6.05. The maximum absolute atomic E-state index is 12.7. The van der Waals surface area contributed by atoms with Crippen molar-refractivity contribution in [3.8, 4) is 28.4 Å². The number of anilines is 1. The quantitative estimate of drug-likeness (QED) is 0.389. The molecule has 6 nitrogen and oxygen atoms in total. The van der Waals surface area contributed by atoms with E-state index in [1.165, 1.54) is 0 Å². The molecular weight excluding hydrogens is 418 g/mol. The molecule has 6 heteroatoms. The van der Waals surface area contributed by atoms with E-state index in [0.717, 1.165) is 33.2 Å². The Morgan fingerprint density at radius 2 is 1.79 bits per heavy atom. The van der Waals surface area contributed by atoms with Crippen LogP contribution < -0.4 is 19.5 Å². The zero-order valence-electron chi connectivity index (χ0n) is 18.4. The van der Waals surface area contributed by atoms with Crippen molar-refractivity contribution < 1.29 is 23.4 Å². The molecule has 3 aromatic carbocycles. The minimum Gasteiger partial charge on any atom is -0.496 e. The Bertz CT molecular complexity index is 1350. The third-order valence-corrected chi connectivity index (χ3v) is 5.56. The Balaban J connectivity index is 1.45. The SMILES string of the molecule is COc1cc2occ(-c3ccccc3)c2cc1/C(C)=C/C(=O)Nc1ccc2c(c1)OCCO2. The van der Waals surface area contributed by atoms with Crippen molar-refractivity contribution in [3.63, 3.8) is 0 Å². The second kappa shape index (κ2) is 8.74. The predicted octanol–water partition coefficient (Wildman–Crippen LogP) is 5.92. The van der Waals surface area contributed by atoms with E-state index in [1.807, 2.05) is 49.4 Å². The van der Waals surface area contributed by atoms with Gasteiger partial charge in [0.1, 0.15) is 24.5 Å². The van der Waals surface area contributed by atoms with Gasteiger partial charge < -0.3 is 23.9 Å². The highest BCUT2D eigenvalue weighted by atomic mass is 16.6. The minimum absolute atomic E-state index is 0.248. The number of carbonyl (C=O) groups excluding carboxylic acids is 1. The van der Waals surface area contributed by atoms with E-state index >= 15 is 0 Å². The zero-order valence-corrected chi connectivity index (χ0v) is 18.4. The first-order valence-corrected chi connectivity index (χ1v) is 10.7. The van der Waals surface area contributed by atoms with Gasteiger partial charge in [-0.1, -0.05) is 30.3 Å². The Kier molecular flexibility index (Phi) is 5.48. The number of hydrogen-bond donors (Lipinski definition) is 1. The first kappa shape index (κ1) is 20.7. The van der Waals surface area contributed by atoms with Crippen LogP contribution in [0.1, 0.15) is 12.5 Å². The Morgan fingerprint density at radius 3 is 2.58 bits per heavy atom. The number of ether oxygens (including phenoxy) is 3. The minimum atomic E-state index is -0.248. The highest BCUT2D eigenvalue weighted by Crippen LogP contribution is 2.37. The zero-order chi connectivity index (χ0) is 22.8.